The molecular weight excluding hydrogens is 254 g/mol. The molecule has 2 N–H and O–H groups in total. The monoisotopic (exact) mass is 279 g/mol. The molecule has 1 heterocycles. The Bertz CT molecular complexity index is 433. The Labute approximate surface area is 120 Å². The van der Waals surface area contributed by atoms with E-state index in [0.717, 1.165) is 25.5 Å². The van der Waals surface area contributed by atoms with E-state index in [2.05, 4.69) is 13.8 Å². The lowest BCUT2D eigenvalue weighted by atomic mass is 9.50. The van der Waals surface area contributed by atoms with Crippen molar-refractivity contribution in [2.75, 3.05) is 0 Å². The zero-order chi connectivity index (χ0) is 14.7. The van der Waals surface area contributed by atoms with Gasteiger partial charge in [0.25, 0.3) is 0 Å². The molecule has 0 aromatic heterocycles. The highest BCUT2D eigenvalue weighted by Gasteiger charge is 2.58. The number of carbonyl (C=O) groups is 2. The minimum atomic E-state index is -0.123. The van der Waals surface area contributed by atoms with E-state index < -0.39 is 0 Å². The smallest absolute Gasteiger partial charge is 0.309 e. The fourth-order valence-electron chi connectivity index (χ4n) is 5.13. The summed E-state index contributed by atoms with van der Waals surface area (Å²) < 4.78 is 5.41. The van der Waals surface area contributed by atoms with Gasteiger partial charge in [-0.25, -0.2) is 0 Å². The van der Waals surface area contributed by atoms with Crippen molar-refractivity contribution < 1.29 is 14.3 Å². The SMILES string of the molecule is C[C@H]1OC(=O)[C@@H]2C[C@H]3[C@@H](CCC(N)C3(C)C)[C@H](C=O)[C@H]12. The number of esters is 1. The van der Waals surface area contributed by atoms with Crippen molar-refractivity contribution in [3.8, 4) is 0 Å². The Balaban J connectivity index is 1.97. The first-order chi connectivity index (χ1) is 9.37. The number of carbonyl (C=O) groups excluding carboxylic acids is 2. The fraction of sp³-hybridized carbons (Fsp3) is 0.875. The highest BCUT2D eigenvalue weighted by Crippen LogP contribution is 2.57. The fourth-order valence-corrected chi connectivity index (χ4v) is 5.13. The van der Waals surface area contributed by atoms with Crippen molar-refractivity contribution in [3.05, 3.63) is 0 Å². The summed E-state index contributed by atoms with van der Waals surface area (Å²) in [5.74, 6) is 0.521. The number of hydrogen-bond donors (Lipinski definition) is 1. The molecule has 4 nitrogen and oxygen atoms in total. The van der Waals surface area contributed by atoms with Crippen LogP contribution in [0.25, 0.3) is 0 Å². The Morgan fingerprint density at radius 2 is 2.05 bits per heavy atom. The maximum atomic E-state index is 12.1. The second-order valence-corrected chi connectivity index (χ2v) is 7.55. The number of cyclic esters (lactones) is 1. The largest absolute Gasteiger partial charge is 0.462 e. The van der Waals surface area contributed by atoms with Gasteiger partial charge in [-0.3, -0.25) is 4.79 Å². The Morgan fingerprint density at radius 1 is 1.35 bits per heavy atom. The van der Waals surface area contributed by atoms with Gasteiger partial charge in [-0.1, -0.05) is 13.8 Å². The zero-order valence-electron chi connectivity index (χ0n) is 12.5. The summed E-state index contributed by atoms with van der Waals surface area (Å²) in [6, 6.07) is 0.155. The number of rotatable bonds is 1. The molecule has 20 heavy (non-hydrogen) atoms. The standard InChI is InChI=1S/C16H25NO3/c1-8-14-10(15(19)20-8)6-12-9(11(14)7-18)4-5-13(17)16(12,2)3/h7-14H,4-6,17H2,1-3H3/t8-,9+,10-,11+,12+,13?,14-/m1/s1. The third kappa shape index (κ3) is 1.77. The van der Waals surface area contributed by atoms with Gasteiger partial charge in [0.2, 0.25) is 0 Å². The quantitative estimate of drug-likeness (QED) is 0.586. The average molecular weight is 279 g/mol. The molecule has 1 unspecified atom stereocenters. The Kier molecular flexibility index (Phi) is 3.20. The first kappa shape index (κ1) is 14.1. The summed E-state index contributed by atoms with van der Waals surface area (Å²) in [5, 5.41) is 0. The van der Waals surface area contributed by atoms with Crippen LogP contribution in [0.2, 0.25) is 0 Å². The van der Waals surface area contributed by atoms with Crippen LogP contribution in [0, 0.1) is 35.0 Å². The van der Waals surface area contributed by atoms with Crippen LogP contribution in [-0.2, 0) is 14.3 Å². The van der Waals surface area contributed by atoms with E-state index in [-0.39, 0.29) is 41.3 Å². The van der Waals surface area contributed by atoms with Crippen LogP contribution >= 0.6 is 0 Å². The highest BCUT2D eigenvalue weighted by molar-refractivity contribution is 5.77. The average Bonchev–Trinajstić information content (AvgIpc) is 2.68. The van der Waals surface area contributed by atoms with Gasteiger partial charge >= 0.3 is 5.97 Å². The topological polar surface area (TPSA) is 69.4 Å². The van der Waals surface area contributed by atoms with Crippen LogP contribution < -0.4 is 5.73 Å². The molecule has 2 aliphatic carbocycles. The van der Waals surface area contributed by atoms with Gasteiger partial charge in [0.05, 0.1) is 5.92 Å². The van der Waals surface area contributed by atoms with Crippen LogP contribution in [0.4, 0.5) is 0 Å². The van der Waals surface area contributed by atoms with Crippen LogP contribution in [0.1, 0.15) is 40.0 Å². The predicted molar refractivity (Wildman–Crippen MR) is 74.7 cm³/mol. The van der Waals surface area contributed by atoms with Gasteiger partial charge in [-0.15, -0.1) is 0 Å². The summed E-state index contributed by atoms with van der Waals surface area (Å²) in [7, 11) is 0. The first-order valence-corrected chi connectivity index (χ1v) is 7.79. The molecule has 0 bridgehead atoms. The molecule has 7 atom stereocenters. The van der Waals surface area contributed by atoms with Crippen LogP contribution in [-0.4, -0.2) is 24.4 Å². The van der Waals surface area contributed by atoms with Crippen molar-refractivity contribution in [1.82, 2.24) is 0 Å². The van der Waals surface area contributed by atoms with Crippen LogP contribution in [0.3, 0.4) is 0 Å². The molecule has 4 heteroatoms. The van der Waals surface area contributed by atoms with Gasteiger partial charge in [-0.2, -0.15) is 0 Å². The molecular formula is C16H25NO3. The van der Waals surface area contributed by atoms with Gasteiger partial charge in [0, 0.05) is 17.9 Å². The van der Waals surface area contributed by atoms with Crippen LogP contribution in [0.5, 0.6) is 0 Å². The van der Waals surface area contributed by atoms with Crippen molar-refractivity contribution in [2.24, 2.45) is 40.7 Å². The summed E-state index contributed by atoms with van der Waals surface area (Å²) in [6.45, 7) is 6.32. The maximum Gasteiger partial charge on any atom is 0.309 e. The van der Waals surface area contributed by atoms with E-state index in [9.17, 15) is 9.59 Å². The summed E-state index contributed by atoms with van der Waals surface area (Å²) in [6.07, 6.45) is 3.77. The molecule has 0 aromatic carbocycles. The maximum absolute atomic E-state index is 12.1. The van der Waals surface area contributed by atoms with Crippen molar-refractivity contribution in [2.45, 2.75) is 52.2 Å². The number of nitrogens with two attached hydrogens (primary N) is 1. The molecule has 0 spiro atoms. The van der Waals surface area contributed by atoms with Crippen molar-refractivity contribution in [3.63, 3.8) is 0 Å². The molecule has 2 saturated carbocycles. The molecule has 0 aromatic rings. The lowest BCUT2D eigenvalue weighted by Gasteiger charge is -2.54. The molecule has 3 aliphatic rings. The van der Waals surface area contributed by atoms with E-state index in [4.69, 9.17) is 10.5 Å². The van der Waals surface area contributed by atoms with Gasteiger partial charge in [0.15, 0.2) is 0 Å². The third-order valence-electron chi connectivity index (χ3n) is 6.45. The van der Waals surface area contributed by atoms with Gasteiger partial charge in [-0.05, 0) is 43.4 Å². The number of ether oxygens (including phenoxy) is 1. The lowest BCUT2D eigenvalue weighted by Crippen LogP contribution is -2.56. The minimum Gasteiger partial charge on any atom is -0.462 e. The predicted octanol–water partition coefficient (Wildman–Crippen LogP) is 1.76. The van der Waals surface area contributed by atoms with E-state index in [1.54, 1.807) is 0 Å². The van der Waals surface area contributed by atoms with Gasteiger partial charge in [0.1, 0.15) is 12.4 Å². The molecule has 112 valence electrons. The van der Waals surface area contributed by atoms with Crippen molar-refractivity contribution in [1.29, 1.82) is 0 Å². The normalized spacial score (nSPS) is 50.0. The van der Waals surface area contributed by atoms with E-state index >= 15 is 0 Å². The molecule has 0 radical (unpaired) electrons. The first-order valence-electron chi connectivity index (χ1n) is 7.79. The summed E-state index contributed by atoms with van der Waals surface area (Å²) in [4.78, 5) is 23.8. The molecule has 3 fully saturated rings. The second-order valence-electron chi connectivity index (χ2n) is 7.55. The van der Waals surface area contributed by atoms with Crippen LogP contribution in [0.15, 0.2) is 0 Å². The number of hydrogen-bond acceptors (Lipinski definition) is 4. The summed E-state index contributed by atoms with van der Waals surface area (Å²) >= 11 is 0. The van der Waals surface area contributed by atoms with Crippen molar-refractivity contribution >= 4 is 12.3 Å². The Morgan fingerprint density at radius 3 is 2.70 bits per heavy atom. The lowest BCUT2D eigenvalue weighted by molar-refractivity contribution is -0.145. The molecule has 0 amide bonds. The Hall–Kier alpha value is -0.900. The van der Waals surface area contributed by atoms with E-state index in [0.29, 0.717) is 11.8 Å². The third-order valence-corrected chi connectivity index (χ3v) is 6.45. The number of aldehydes is 1. The minimum absolute atomic E-state index is 0.0126. The summed E-state index contributed by atoms with van der Waals surface area (Å²) in [5.41, 5.74) is 6.29. The second kappa shape index (κ2) is 4.55. The molecule has 1 saturated heterocycles. The molecule has 3 rings (SSSR count). The number of fused-ring (bicyclic) bond motifs is 2. The zero-order valence-corrected chi connectivity index (χ0v) is 12.5. The van der Waals surface area contributed by atoms with Gasteiger partial charge < -0.3 is 15.3 Å². The highest BCUT2D eigenvalue weighted by atomic mass is 16.6. The molecule has 1 aliphatic heterocycles. The van der Waals surface area contributed by atoms with E-state index in [1.165, 1.54) is 0 Å². The van der Waals surface area contributed by atoms with E-state index in [1.807, 2.05) is 6.92 Å².